The lowest BCUT2D eigenvalue weighted by Gasteiger charge is -2.34. The van der Waals surface area contributed by atoms with Crippen LogP contribution in [-0.2, 0) is 9.53 Å². The van der Waals surface area contributed by atoms with Crippen molar-refractivity contribution in [2.75, 3.05) is 19.7 Å². The maximum Gasteiger partial charge on any atom is 0.323 e. The summed E-state index contributed by atoms with van der Waals surface area (Å²) in [6.07, 6.45) is 3.71. The normalized spacial score (nSPS) is 21.3. The highest BCUT2D eigenvalue weighted by atomic mass is 16.5. The van der Waals surface area contributed by atoms with Gasteiger partial charge in [0, 0.05) is 0 Å². The minimum absolute atomic E-state index is 0.0669. The van der Waals surface area contributed by atoms with Crippen LogP contribution in [0.25, 0.3) is 0 Å². The van der Waals surface area contributed by atoms with Gasteiger partial charge >= 0.3 is 5.97 Å². The van der Waals surface area contributed by atoms with Crippen LogP contribution in [0.5, 0.6) is 0 Å². The van der Waals surface area contributed by atoms with Gasteiger partial charge in [0.1, 0.15) is 6.04 Å². The van der Waals surface area contributed by atoms with E-state index in [1.54, 1.807) is 0 Å². The molecule has 3 nitrogen and oxygen atoms in total. The minimum Gasteiger partial charge on any atom is -0.465 e. The van der Waals surface area contributed by atoms with E-state index < -0.39 is 0 Å². The molecule has 1 unspecified atom stereocenters. The number of piperidine rings is 1. The van der Waals surface area contributed by atoms with E-state index in [9.17, 15) is 4.79 Å². The van der Waals surface area contributed by atoms with Gasteiger partial charge in [-0.05, 0) is 45.7 Å². The third kappa shape index (κ3) is 3.49. The highest BCUT2D eigenvalue weighted by molar-refractivity contribution is 5.75. The van der Waals surface area contributed by atoms with Crippen molar-refractivity contribution in [2.45, 2.75) is 46.1 Å². The Bertz CT molecular complexity index is 198. The second-order valence-electron chi connectivity index (χ2n) is 4.32. The Kier molecular flexibility index (Phi) is 5.09. The standard InChI is InChI=1S/C12H23NO2/c1-4-11-6-8-13(9-7-11)10(3)12(14)15-5-2/h10-11H,4-9H2,1-3H3. The largest absolute Gasteiger partial charge is 0.465 e. The zero-order chi connectivity index (χ0) is 11.3. The summed E-state index contributed by atoms with van der Waals surface area (Å²) in [6, 6.07) is -0.0669. The lowest BCUT2D eigenvalue weighted by Crippen LogP contribution is -2.44. The van der Waals surface area contributed by atoms with Crippen LogP contribution < -0.4 is 0 Å². The fourth-order valence-corrected chi connectivity index (χ4v) is 2.16. The SMILES string of the molecule is CCOC(=O)C(C)N1CCC(CC)CC1. The molecule has 0 saturated carbocycles. The number of carbonyl (C=O) groups is 1. The highest BCUT2D eigenvalue weighted by Gasteiger charge is 2.26. The Hall–Kier alpha value is -0.570. The topological polar surface area (TPSA) is 29.5 Å². The molecule has 1 saturated heterocycles. The zero-order valence-corrected chi connectivity index (χ0v) is 10.2. The van der Waals surface area contributed by atoms with Crippen molar-refractivity contribution in [1.29, 1.82) is 0 Å². The van der Waals surface area contributed by atoms with E-state index in [-0.39, 0.29) is 12.0 Å². The van der Waals surface area contributed by atoms with E-state index in [1.807, 2.05) is 13.8 Å². The molecule has 1 aliphatic heterocycles. The van der Waals surface area contributed by atoms with Gasteiger partial charge in [-0.3, -0.25) is 9.69 Å². The summed E-state index contributed by atoms with van der Waals surface area (Å²) in [6.45, 7) is 8.61. The van der Waals surface area contributed by atoms with Gasteiger partial charge in [-0.15, -0.1) is 0 Å². The third-order valence-corrected chi connectivity index (χ3v) is 3.40. The van der Waals surface area contributed by atoms with Gasteiger partial charge in [0.2, 0.25) is 0 Å². The number of likely N-dealkylation sites (tertiary alicyclic amines) is 1. The number of esters is 1. The Morgan fingerprint density at radius 2 is 2.00 bits per heavy atom. The average Bonchev–Trinajstić information content (AvgIpc) is 2.28. The van der Waals surface area contributed by atoms with Gasteiger partial charge in [0.25, 0.3) is 0 Å². The Morgan fingerprint density at radius 1 is 1.40 bits per heavy atom. The third-order valence-electron chi connectivity index (χ3n) is 3.40. The average molecular weight is 213 g/mol. The molecule has 88 valence electrons. The van der Waals surface area contributed by atoms with Crippen molar-refractivity contribution in [3.63, 3.8) is 0 Å². The van der Waals surface area contributed by atoms with Crippen LogP contribution in [0.3, 0.4) is 0 Å². The van der Waals surface area contributed by atoms with E-state index in [0.717, 1.165) is 19.0 Å². The molecule has 1 heterocycles. The van der Waals surface area contributed by atoms with Crippen molar-refractivity contribution in [1.82, 2.24) is 4.90 Å². The van der Waals surface area contributed by atoms with Gasteiger partial charge in [0.15, 0.2) is 0 Å². The molecule has 0 aromatic heterocycles. The van der Waals surface area contributed by atoms with Crippen LogP contribution in [0.4, 0.5) is 0 Å². The van der Waals surface area contributed by atoms with Crippen molar-refractivity contribution >= 4 is 5.97 Å². The number of ether oxygens (including phenoxy) is 1. The first kappa shape index (κ1) is 12.5. The van der Waals surface area contributed by atoms with Gasteiger partial charge in [-0.2, -0.15) is 0 Å². The molecule has 15 heavy (non-hydrogen) atoms. The molecule has 0 aromatic rings. The molecule has 1 fully saturated rings. The summed E-state index contributed by atoms with van der Waals surface area (Å²) in [5.74, 6) is 0.781. The molecule has 1 aliphatic rings. The molecule has 0 aromatic carbocycles. The molecule has 1 atom stereocenters. The predicted molar refractivity (Wildman–Crippen MR) is 60.7 cm³/mol. The number of rotatable bonds is 4. The molecular weight excluding hydrogens is 190 g/mol. The summed E-state index contributed by atoms with van der Waals surface area (Å²) in [4.78, 5) is 13.8. The molecule has 0 amide bonds. The minimum atomic E-state index is -0.0764. The van der Waals surface area contributed by atoms with Crippen LogP contribution >= 0.6 is 0 Å². The first-order valence-electron chi connectivity index (χ1n) is 6.09. The van der Waals surface area contributed by atoms with E-state index in [2.05, 4.69) is 11.8 Å². The molecule has 0 bridgehead atoms. The lowest BCUT2D eigenvalue weighted by molar-refractivity contribution is -0.149. The number of hydrogen-bond acceptors (Lipinski definition) is 3. The number of nitrogens with zero attached hydrogens (tertiary/aromatic N) is 1. The van der Waals surface area contributed by atoms with Crippen molar-refractivity contribution in [3.8, 4) is 0 Å². The summed E-state index contributed by atoms with van der Waals surface area (Å²) < 4.78 is 5.03. The molecule has 1 rings (SSSR count). The second-order valence-corrected chi connectivity index (χ2v) is 4.32. The van der Waals surface area contributed by atoms with Crippen LogP contribution in [-0.4, -0.2) is 36.6 Å². The summed E-state index contributed by atoms with van der Waals surface area (Å²) >= 11 is 0. The lowest BCUT2D eigenvalue weighted by atomic mass is 9.94. The zero-order valence-electron chi connectivity index (χ0n) is 10.2. The van der Waals surface area contributed by atoms with Gasteiger partial charge in [-0.25, -0.2) is 0 Å². The monoisotopic (exact) mass is 213 g/mol. The second kappa shape index (κ2) is 6.11. The first-order valence-corrected chi connectivity index (χ1v) is 6.09. The van der Waals surface area contributed by atoms with Crippen LogP contribution in [0.15, 0.2) is 0 Å². The molecular formula is C12H23NO2. The molecule has 0 N–H and O–H groups in total. The van der Waals surface area contributed by atoms with E-state index >= 15 is 0 Å². The van der Waals surface area contributed by atoms with Gasteiger partial charge in [0.05, 0.1) is 6.61 Å². The van der Waals surface area contributed by atoms with E-state index in [4.69, 9.17) is 4.74 Å². The van der Waals surface area contributed by atoms with Crippen molar-refractivity contribution < 1.29 is 9.53 Å². The fourth-order valence-electron chi connectivity index (χ4n) is 2.16. The Balaban J connectivity index is 2.35. The van der Waals surface area contributed by atoms with Gasteiger partial charge in [-0.1, -0.05) is 13.3 Å². The number of hydrogen-bond donors (Lipinski definition) is 0. The summed E-state index contributed by atoms with van der Waals surface area (Å²) in [5, 5.41) is 0. The van der Waals surface area contributed by atoms with Crippen LogP contribution in [0.1, 0.15) is 40.0 Å². The maximum atomic E-state index is 11.5. The van der Waals surface area contributed by atoms with E-state index in [0.29, 0.717) is 6.61 Å². The molecule has 0 spiro atoms. The Morgan fingerprint density at radius 3 is 2.47 bits per heavy atom. The number of carbonyl (C=O) groups excluding carboxylic acids is 1. The van der Waals surface area contributed by atoms with Crippen LogP contribution in [0, 0.1) is 5.92 Å². The van der Waals surface area contributed by atoms with Crippen molar-refractivity contribution in [3.05, 3.63) is 0 Å². The quantitative estimate of drug-likeness (QED) is 0.669. The highest BCUT2D eigenvalue weighted by Crippen LogP contribution is 2.21. The van der Waals surface area contributed by atoms with Crippen molar-refractivity contribution in [2.24, 2.45) is 5.92 Å². The summed E-state index contributed by atoms with van der Waals surface area (Å²) in [7, 11) is 0. The predicted octanol–water partition coefficient (Wildman–Crippen LogP) is 2.06. The molecule has 0 radical (unpaired) electrons. The Labute approximate surface area is 92.8 Å². The summed E-state index contributed by atoms with van der Waals surface area (Å²) in [5.41, 5.74) is 0. The maximum absolute atomic E-state index is 11.5. The van der Waals surface area contributed by atoms with E-state index in [1.165, 1.54) is 19.3 Å². The van der Waals surface area contributed by atoms with Crippen LogP contribution in [0.2, 0.25) is 0 Å². The fraction of sp³-hybridized carbons (Fsp3) is 0.917. The first-order chi connectivity index (χ1) is 7.19. The smallest absolute Gasteiger partial charge is 0.323 e. The van der Waals surface area contributed by atoms with Gasteiger partial charge < -0.3 is 4.74 Å². The molecule has 3 heteroatoms. The molecule has 0 aliphatic carbocycles.